The van der Waals surface area contributed by atoms with Crippen LogP contribution in [-0.4, -0.2) is 32.1 Å². The number of hydrogen-bond donors (Lipinski definition) is 1. The molecule has 0 radical (unpaired) electrons. The molecule has 1 N–H and O–H groups in total. The van der Waals surface area contributed by atoms with E-state index in [9.17, 15) is 9.59 Å². The molecule has 0 aliphatic carbocycles. The number of carbonyl (C=O) groups excluding carboxylic acids is 2. The molecule has 3 aromatic carbocycles. The van der Waals surface area contributed by atoms with Crippen LogP contribution in [0.1, 0.15) is 23.6 Å². The zero-order chi connectivity index (χ0) is 24.8. The highest BCUT2D eigenvalue weighted by atomic mass is 32.2. The fraction of sp³-hybridized carbons (Fsp3) is 0.214. The Morgan fingerprint density at radius 1 is 1.06 bits per heavy atom. The second-order valence-corrected chi connectivity index (χ2v) is 9.16. The lowest BCUT2D eigenvalue weighted by Crippen LogP contribution is -2.42. The van der Waals surface area contributed by atoms with E-state index in [2.05, 4.69) is 5.32 Å². The van der Waals surface area contributed by atoms with Crippen LogP contribution in [0.2, 0.25) is 0 Å². The Labute approximate surface area is 209 Å². The van der Waals surface area contributed by atoms with Crippen LogP contribution in [0.4, 0.5) is 5.69 Å². The van der Waals surface area contributed by atoms with Gasteiger partial charge in [0.2, 0.25) is 5.91 Å². The Morgan fingerprint density at radius 3 is 2.57 bits per heavy atom. The molecule has 0 fully saturated rings. The molecule has 1 heterocycles. The molecule has 0 spiro atoms. The standard InChI is InChI=1S/C28H28N2O4S/c1-4-34-23-14-13-21(15-24(23)33-3)17-29-27(31)18-30-22-7-5-6-8-25(22)35-26(28(30)32)16-20-11-9-19(2)10-12-20/h5-16H,4,17-18H2,1-3H3,(H,29,31)/b26-16-. The van der Waals surface area contributed by atoms with Crippen molar-refractivity contribution in [3.05, 3.63) is 88.3 Å². The lowest BCUT2D eigenvalue weighted by Gasteiger charge is -2.29. The summed E-state index contributed by atoms with van der Waals surface area (Å²) in [5, 5.41) is 2.92. The zero-order valence-electron chi connectivity index (χ0n) is 20.0. The lowest BCUT2D eigenvalue weighted by molar-refractivity contribution is -0.122. The number of nitrogens with zero attached hydrogens (tertiary/aromatic N) is 1. The van der Waals surface area contributed by atoms with E-state index in [0.29, 0.717) is 29.6 Å². The number of hydrogen-bond acceptors (Lipinski definition) is 5. The molecule has 4 rings (SSSR count). The van der Waals surface area contributed by atoms with Crippen LogP contribution < -0.4 is 19.7 Å². The Balaban J connectivity index is 1.49. The van der Waals surface area contributed by atoms with Gasteiger partial charge in [0.25, 0.3) is 5.91 Å². The third-order valence-electron chi connectivity index (χ3n) is 5.53. The van der Waals surface area contributed by atoms with Crippen LogP contribution >= 0.6 is 11.8 Å². The summed E-state index contributed by atoms with van der Waals surface area (Å²) in [7, 11) is 1.58. The highest BCUT2D eigenvalue weighted by molar-refractivity contribution is 8.04. The van der Waals surface area contributed by atoms with E-state index in [1.165, 1.54) is 11.8 Å². The summed E-state index contributed by atoms with van der Waals surface area (Å²) in [6.45, 7) is 4.71. The molecular weight excluding hydrogens is 460 g/mol. The first kappa shape index (κ1) is 24.4. The summed E-state index contributed by atoms with van der Waals surface area (Å²) < 4.78 is 10.9. The number of carbonyl (C=O) groups is 2. The molecule has 1 aliphatic rings. The fourth-order valence-corrected chi connectivity index (χ4v) is 4.79. The Kier molecular flexibility index (Phi) is 7.77. The maximum Gasteiger partial charge on any atom is 0.265 e. The monoisotopic (exact) mass is 488 g/mol. The number of benzene rings is 3. The number of aryl methyl sites for hydroxylation is 1. The largest absolute Gasteiger partial charge is 0.493 e. The maximum atomic E-state index is 13.4. The number of methoxy groups -OCH3 is 1. The Bertz CT molecular complexity index is 1250. The molecule has 180 valence electrons. The van der Waals surface area contributed by atoms with E-state index in [1.54, 1.807) is 12.0 Å². The number of thioether (sulfide) groups is 1. The highest BCUT2D eigenvalue weighted by Crippen LogP contribution is 2.41. The number of anilines is 1. The number of nitrogens with one attached hydrogen (secondary N) is 1. The third-order valence-corrected chi connectivity index (χ3v) is 6.60. The van der Waals surface area contributed by atoms with Crippen molar-refractivity contribution in [2.75, 3.05) is 25.2 Å². The van der Waals surface area contributed by atoms with Crippen LogP contribution in [0.3, 0.4) is 0 Å². The van der Waals surface area contributed by atoms with Gasteiger partial charge in [-0.25, -0.2) is 0 Å². The Hall–Kier alpha value is -3.71. The molecule has 0 saturated carbocycles. The molecule has 6 nitrogen and oxygen atoms in total. The fourth-order valence-electron chi connectivity index (χ4n) is 3.73. The van der Waals surface area contributed by atoms with Gasteiger partial charge in [0, 0.05) is 11.4 Å². The van der Waals surface area contributed by atoms with E-state index in [-0.39, 0.29) is 18.4 Å². The van der Waals surface area contributed by atoms with Crippen molar-refractivity contribution in [1.29, 1.82) is 0 Å². The highest BCUT2D eigenvalue weighted by Gasteiger charge is 2.30. The molecule has 0 saturated heterocycles. The Morgan fingerprint density at radius 2 is 1.83 bits per heavy atom. The van der Waals surface area contributed by atoms with Gasteiger partial charge in [-0.2, -0.15) is 0 Å². The summed E-state index contributed by atoms with van der Waals surface area (Å²) in [6.07, 6.45) is 1.87. The normalized spacial score (nSPS) is 14.0. The molecule has 0 atom stereocenters. The molecule has 2 amide bonds. The summed E-state index contributed by atoms with van der Waals surface area (Å²) in [5.74, 6) is 0.836. The van der Waals surface area contributed by atoms with Crippen molar-refractivity contribution in [1.82, 2.24) is 5.32 Å². The van der Waals surface area contributed by atoms with Gasteiger partial charge in [-0.15, -0.1) is 0 Å². The number of ether oxygens (including phenoxy) is 2. The number of rotatable bonds is 8. The van der Waals surface area contributed by atoms with Crippen molar-refractivity contribution in [3.63, 3.8) is 0 Å². The van der Waals surface area contributed by atoms with Crippen molar-refractivity contribution >= 4 is 35.3 Å². The SMILES string of the molecule is CCOc1ccc(CNC(=O)CN2C(=O)/C(=C/c3ccc(C)cc3)Sc3ccccc32)cc1OC. The first-order chi connectivity index (χ1) is 17.0. The van der Waals surface area contributed by atoms with Crippen molar-refractivity contribution in [3.8, 4) is 11.5 Å². The van der Waals surface area contributed by atoms with Gasteiger partial charge in [0.1, 0.15) is 6.54 Å². The first-order valence-corrected chi connectivity index (χ1v) is 12.2. The second-order valence-electron chi connectivity index (χ2n) is 8.08. The predicted molar refractivity (Wildman–Crippen MR) is 140 cm³/mol. The van der Waals surface area contributed by atoms with Crippen molar-refractivity contribution in [2.24, 2.45) is 0 Å². The molecular formula is C28H28N2O4S. The minimum atomic E-state index is -0.248. The lowest BCUT2D eigenvalue weighted by atomic mass is 10.1. The van der Waals surface area contributed by atoms with Gasteiger partial charge in [0.05, 0.1) is 24.3 Å². The molecule has 1 aliphatic heterocycles. The molecule has 7 heteroatoms. The molecule has 35 heavy (non-hydrogen) atoms. The van der Waals surface area contributed by atoms with Crippen molar-refractivity contribution < 1.29 is 19.1 Å². The average Bonchev–Trinajstić information content (AvgIpc) is 2.87. The molecule has 0 aromatic heterocycles. The van der Waals surface area contributed by atoms with Gasteiger partial charge in [-0.1, -0.05) is 59.8 Å². The third kappa shape index (κ3) is 5.87. The van der Waals surface area contributed by atoms with E-state index in [0.717, 1.165) is 27.3 Å². The van der Waals surface area contributed by atoms with Gasteiger partial charge >= 0.3 is 0 Å². The average molecular weight is 489 g/mol. The van der Waals surface area contributed by atoms with Crippen LogP contribution in [0.15, 0.2) is 76.5 Å². The van der Waals surface area contributed by atoms with E-state index in [4.69, 9.17) is 9.47 Å². The summed E-state index contributed by atoms with van der Waals surface area (Å²) in [6, 6.07) is 21.2. The van der Waals surface area contributed by atoms with Gasteiger partial charge in [-0.3, -0.25) is 14.5 Å². The van der Waals surface area contributed by atoms with Gasteiger partial charge in [0.15, 0.2) is 11.5 Å². The second kappa shape index (κ2) is 11.1. The van der Waals surface area contributed by atoms with Crippen LogP contribution in [-0.2, 0) is 16.1 Å². The van der Waals surface area contributed by atoms with E-state index >= 15 is 0 Å². The first-order valence-electron chi connectivity index (χ1n) is 11.4. The van der Waals surface area contributed by atoms with Gasteiger partial charge < -0.3 is 14.8 Å². The zero-order valence-corrected chi connectivity index (χ0v) is 20.9. The smallest absolute Gasteiger partial charge is 0.265 e. The van der Waals surface area contributed by atoms with Crippen LogP contribution in [0.5, 0.6) is 11.5 Å². The van der Waals surface area contributed by atoms with E-state index < -0.39 is 0 Å². The van der Waals surface area contributed by atoms with Crippen LogP contribution in [0, 0.1) is 6.92 Å². The molecule has 0 bridgehead atoms. The number of fused-ring (bicyclic) bond motifs is 1. The van der Waals surface area contributed by atoms with Gasteiger partial charge in [-0.05, 0) is 55.3 Å². The summed E-state index contributed by atoms with van der Waals surface area (Å²) in [4.78, 5) is 29.3. The maximum absolute atomic E-state index is 13.4. The molecule has 3 aromatic rings. The number of para-hydroxylation sites is 1. The minimum absolute atomic E-state index is 0.0736. The molecule has 0 unspecified atom stereocenters. The van der Waals surface area contributed by atoms with E-state index in [1.807, 2.05) is 86.7 Å². The quantitative estimate of drug-likeness (QED) is 0.442. The summed E-state index contributed by atoms with van der Waals surface area (Å²) in [5.41, 5.74) is 3.71. The predicted octanol–water partition coefficient (Wildman–Crippen LogP) is 5.20. The number of amides is 2. The van der Waals surface area contributed by atoms with Crippen molar-refractivity contribution in [2.45, 2.75) is 25.3 Å². The van der Waals surface area contributed by atoms with Crippen LogP contribution in [0.25, 0.3) is 6.08 Å². The topological polar surface area (TPSA) is 67.9 Å². The minimum Gasteiger partial charge on any atom is -0.493 e. The summed E-state index contributed by atoms with van der Waals surface area (Å²) >= 11 is 1.43.